The van der Waals surface area contributed by atoms with Crippen LogP contribution in [-0.4, -0.2) is 68.4 Å². The van der Waals surface area contributed by atoms with Crippen molar-refractivity contribution in [1.82, 2.24) is 20.0 Å². The van der Waals surface area contributed by atoms with E-state index in [9.17, 15) is 4.79 Å². The molecule has 0 fully saturated rings. The average Bonchev–Trinajstić information content (AvgIpc) is 3.15. The molecule has 0 aliphatic carbocycles. The normalized spacial score (nSPS) is 11.3. The second-order valence-corrected chi connectivity index (χ2v) is 7.41. The number of ether oxygens (including phenoxy) is 4. The number of para-hydroxylation sites is 2. The van der Waals surface area contributed by atoms with E-state index in [4.69, 9.17) is 24.7 Å². The summed E-state index contributed by atoms with van der Waals surface area (Å²) in [6.07, 6.45) is 1.56. The molecule has 2 aromatic heterocycles. The largest absolute Gasteiger partial charge is 0.493 e. The van der Waals surface area contributed by atoms with Crippen LogP contribution >= 0.6 is 0 Å². The minimum absolute atomic E-state index is 0.105. The molecule has 1 amide bonds. The molecule has 0 saturated carbocycles. The summed E-state index contributed by atoms with van der Waals surface area (Å²) in [6.45, 7) is 0.676. The number of aromatic nitrogens is 3. The van der Waals surface area contributed by atoms with Crippen LogP contribution in [0.15, 0.2) is 41.5 Å². The van der Waals surface area contributed by atoms with E-state index in [1.807, 2.05) is 24.3 Å². The molecular weight excluding hydrogens is 452 g/mol. The van der Waals surface area contributed by atoms with Crippen LogP contribution in [0.2, 0.25) is 0 Å². The minimum atomic E-state index is -0.393. The monoisotopic (exact) mass is 478 g/mol. The Morgan fingerprint density at radius 3 is 2.31 bits per heavy atom. The van der Waals surface area contributed by atoms with Gasteiger partial charge in [0.1, 0.15) is 16.9 Å². The third kappa shape index (κ3) is 4.53. The van der Waals surface area contributed by atoms with Gasteiger partial charge < -0.3 is 30.0 Å². The molecule has 11 heteroatoms. The maximum atomic E-state index is 13.0. The molecule has 0 bridgehead atoms. The highest BCUT2D eigenvalue weighted by Crippen LogP contribution is 2.38. The van der Waals surface area contributed by atoms with Crippen LogP contribution in [-0.2, 0) is 4.74 Å². The van der Waals surface area contributed by atoms with Crippen LogP contribution in [0, 0.1) is 0 Å². The van der Waals surface area contributed by atoms with Gasteiger partial charge in [-0.1, -0.05) is 12.1 Å². The number of carbonyl (C=O) groups excluding carboxylic acids is 1. The fourth-order valence-corrected chi connectivity index (χ4v) is 3.64. The number of nitrogen functional groups attached to an aromatic ring is 1. The lowest BCUT2D eigenvalue weighted by Gasteiger charge is -2.12. The van der Waals surface area contributed by atoms with Gasteiger partial charge in [0, 0.05) is 19.2 Å². The Labute approximate surface area is 201 Å². The first-order valence-electron chi connectivity index (χ1n) is 10.7. The Morgan fingerprint density at radius 1 is 1.06 bits per heavy atom. The van der Waals surface area contributed by atoms with Crippen molar-refractivity contribution >= 4 is 40.1 Å². The van der Waals surface area contributed by atoms with Crippen molar-refractivity contribution in [3.8, 4) is 17.2 Å². The van der Waals surface area contributed by atoms with Crippen molar-refractivity contribution in [1.29, 1.82) is 0 Å². The summed E-state index contributed by atoms with van der Waals surface area (Å²) in [5, 5.41) is 7.31. The molecule has 0 atom stereocenters. The zero-order valence-electron chi connectivity index (χ0n) is 19.9. The fraction of sp³-hybridized carbons (Fsp3) is 0.250. The number of hydrogen-bond donors (Lipinski definition) is 2. The Kier molecular flexibility index (Phi) is 6.97. The molecule has 3 N–H and O–H groups in total. The number of amides is 1. The maximum Gasteiger partial charge on any atom is 0.257 e. The number of hydrogen-bond acceptors (Lipinski definition) is 9. The predicted molar refractivity (Wildman–Crippen MR) is 133 cm³/mol. The van der Waals surface area contributed by atoms with E-state index in [-0.39, 0.29) is 11.4 Å². The van der Waals surface area contributed by atoms with Crippen molar-refractivity contribution in [2.45, 2.75) is 0 Å². The first-order chi connectivity index (χ1) is 17.0. The number of nitrogens with zero attached hydrogens (tertiary/aromatic N) is 4. The molecule has 0 unspecified atom stereocenters. The van der Waals surface area contributed by atoms with Gasteiger partial charge in [0.25, 0.3) is 5.91 Å². The van der Waals surface area contributed by atoms with E-state index < -0.39 is 5.91 Å². The van der Waals surface area contributed by atoms with E-state index in [0.717, 1.165) is 0 Å². The molecule has 2 heterocycles. The van der Waals surface area contributed by atoms with Gasteiger partial charge in [0.05, 0.1) is 45.2 Å². The van der Waals surface area contributed by atoms with Crippen LogP contribution in [0.25, 0.3) is 22.2 Å². The highest BCUT2D eigenvalue weighted by Gasteiger charge is 2.24. The number of nitrogens with one attached hydrogen (secondary N) is 1. The van der Waals surface area contributed by atoms with Crippen molar-refractivity contribution in [2.75, 3.05) is 47.3 Å². The number of nitrogens with two attached hydrogens (primary N) is 1. The summed E-state index contributed by atoms with van der Waals surface area (Å²) in [4.78, 5) is 22.3. The van der Waals surface area contributed by atoms with Gasteiger partial charge in [0.15, 0.2) is 17.1 Å². The number of benzene rings is 2. The van der Waals surface area contributed by atoms with Gasteiger partial charge in [-0.3, -0.25) is 4.79 Å². The third-order valence-electron chi connectivity index (χ3n) is 5.30. The Balaban J connectivity index is 1.85. The summed E-state index contributed by atoms with van der Waals surface area (Å²) in [7, 11) is 6.15. The minimum Gasteiger partial charge on any atom is -0.493 e. The molecule has 4 aromatic rings. The Hall–Kier alpha value is -4.38. The smallest absolute Gasteiger partial charge is 0.257 e. The first kappa shape index (κ1) is 23.8. The number of anilines is 1. The topological polar surface area (TPSA) is 135 Å². The Morgan fingerprint density at radius 2 is 1.71 bits per heavy atom. The van der Waals surface area contributed by atoms with Gasteiger partial charge in [0.2, 0.25) is 5.75 Å². The highest BCUT2D eigenvalue weighted by atomic mass is 16.5. The van der Waals surface area contributed by atoms with E-state index in [2.05, 4.69) is 20.4 Å². The van der Waals surface area contributed by atoms with Crippen LogP contribution in [0.5, 0.6) is 17.2 Å². The summed E-state index contributed by atoms with van der Waals surface area (Å²) in [5.74, 6) is 1.13. The molecule has 35 heavy (non-hydrogen) atoms. The van der Waals surface area contributed by atoms with E-state index in [0.29, 0.717) is 58.2 Å². The third-order valence-corrected chi connectivity index (χ3v) is 5.30. The zero-order chi connectivity index (χ0) is 24.9. The zero-order valence-corrected chi connectivity index (χ0v) is 19.9. The molecule has 0 saturated heterocycles. The van der Waals surface area contributed by atoms with Crippen LogP contribution in [0.4, 0.5) is 5.82 Å². The van der Waals surface area contributed by atoms with Crippen LogP contribution in [0.3, 0.4) is 0 Å². The fourth-order valence-electron chi connectivity index (χ4n) is 3.64. The number of rotatable bonds is 9. The average molecular weight is 479 g/mol. The summed E-state index contributed by atoms with van der Waals surface area (Å²) < 4.78 is 22.6. The molecule has 0 aliphatic heterocycles. The molecule has 4 rings (SSSR count). The SMILES string of the molecule is COCCNC(=O)c1c(N)n(/N=C/c2cc(OC)c(OC)c(OC)c2)c2nc3ccccc3nc12. The highest BCUT2D eigenvalue weighted by molar-refractivity contribution is 6.10. The van der Waals surface area contributed by atoms with Gasteiger partial charge in [-0.25, -0.2) is 9.97 Å². The van der Waals surface area contributed by atoms with Gasteiger partial charge >= 0.3 is 0 Å². The molecule has 0 aliphatic rings. The Bertz CT molecular complexity index is 1390. The molecule has 182 valence electrons. The molecule has 11 nitrogen and oxygen atoms in total. The van der Waals surface area contributed by atoms with Gasteiger partial charge in [-0.05, 0) is 24.3 Å². The van der Waals surface area contributed by atoms with Crippen molar-refractivity contribution in [2.24, 2.45) is 5.10 Å². The van der Waals surface area contributed by atoms with Gasteiger partial charge in [-0.15, -0.1) is 0 Å². The lowest BCUT2D eigenvalue weighted by atomic mass is 10.2. The van der Waals surface area contributed by atoms with Crippen LogP contribution in [0.1, 0.15) is 15.9 Å². The maximum absolute atomic E-state index is 13.0. The standard InChI is InChI=1S/C24H26N6O5/c1-32-10-9-26-24(31)19-20-23(29-16-8-6-5-7-15(16)28-20)30(22(19)25)27-13-14-11-17(33-2)21(35-4)18(12-14)34-3/h5-8,11-13H,9-10,25H2,1-4H3,(H,26,31)/b27-13+. The molecule has 0 spiro atoms. The van der Waals surface area contributed by atoms with Crippen molar-refractivity contribution in [3.63, 3.8) is 0 Å². The van der Waals surface area contributed by atoms with Crippen molar-refractivity contribution < 1.29 is 23.7 Å². The summed E-state index contributed by atoms with van der Waals surface area (Å²) in [5.41, 5.74) is 9.23. The predicted octanol–water partition coefficient (Wildman–Crippen LogP) is 2.45. The van der Waals surface area contributed by atoms with Gasteiger partial charge in [-0.2, -0.15) is 9.78 Å². The second-order valence-electron chi connectivity index (χ2n) is 7.41. The first-order valence-corrected chi connectivity index (χ1v) is 10.7. The molecule has 0 radical (unpaired) electrons. The number of carbonyl (C=O) groups is 1. The second kappa shape index (κ2) is 10.3. The van der Waals surface area contributed by atoms with E-state index >= 15 is 0 Å². The molecular formula is C24H26N6O5. The van der Waals surface area contributed by atoms with Crippen molar-refractivity contribution in [3.05, 3.63) is 47.5 Å². The quantitative estimate of drug-likeness (QED) is 0.277. The number of methoxy groups -OCH3 is 4. The van der Waals surface area contributed by atoms with Crippen LogP contribution < -0.4 is 25.3 Å². The van der Waals surface area contributed by atoms with E-state index in [1.165, 1.54) is 26.0 Å². The lowest BCUT2D eigenvalue weighted by Crippen LogP contribution is -2.27. The number of fused-ring (bicyclic) bond motifs is 2. The lowest BCUT2D eigenvalue weighted by molar-refractivity contribution is 0.0939. The molecule has 2 aromatic carbocycles. The summed E-state index contributed by atoms with van der Waals surface area (Å²) in [6, 6.07) is 10.8. The van der Waals surface area contributed by atoms with E-state index in [1.54, 1.807) is 25.5 Å². The summed E-state index contributed by atoms with van der Waals surface area (Å²) >= 11 is 0.